The molecule has 8 nitrogen and oxygen atoms in total. The van der Waals surface area contributed by atoms with Crippen LogP contribution in [0.3, 0.4) is 0 Å². The summed E-state index contributed by atoms with van der Waals surface area (Å²) in [6.07, 6.45) is -2.58. The monoisotopic (exact) mass is 540 g/mol. The van der Waals surface area contributed by atoms with E-state index in [1.165, 1.54) is 48.5 Å². The molecule has 0 aromatic heterocycles. The summed E-state index contributed by atoms with van der Waals surface area (Å²) in [5.41, 5.74) is 2.02. The van der Waals surface area contributed by atoms with E-state index in [0.717, 1.165) is 11.1 Å². The molecule has 8 heteroatoms. The van der Waals surface area contributed by atoms with Crippen LogP contribution in [0.4, 0.5) is 0 Å². The fourth-order valence-electron chi connectivity index (χ4n) is 4.52. The van der Waals surface area contributed by atoms with Gasteiger partial charge in [0.05, 0.1) is 12.1 Å². The highest BCUT2D eigenvalue weighted by Crippen LogP contribution is 2.18. The van der Waals surface area contributed by atoms with Crippen LogP contribution in [-0.2, 0) is 12.8 Å². The summed E-state index contributed by atoms with van der Waals surface area (Å²) in [6.45, 7) is 0. The minimum atomic E-state index is -1.49. The molecule has 0 fully saturated rings. The quantitative estimate of drug-likeness (QED) is 0.173. The summed E-state index contributed by atoms with van der Waals surface area (Å²) in [5.74, 6) is -1.23. The van der Waals surface area contributed by atoms with Gasteiger partial charge in [0.25, 0.3) is 11.8 Å². The zero-order valence-corrected chi connectivity index (χ0v) is 21.7. The Bertz CT molecular complexity index is 1300. The second kappa shape index (κ2) is 13.4. The van der Waals surface area contributed by atoms with Gasteiger partial charge in [-0.25, -0.2) is 0 Å². The summed E-state index contributed by atoms with van der Waals surface area (Å²) < 4.78 is 0. The molecule has 4 rings (SSSR count). The molecule has 0 saturated heterocycles. The van der Waals surface area contributed by atoms with Crippen molar-refractivity contribution in [3.8, 4) is 11.5 Å². The lowest BCUT2D eigenvalue weighted by molar-refractivity contribution is -0.0219. The normalized spacial score (nSPS) is 13.9. The first-order chi connectivity index (χ1) is 19.3. The molecule has 40 heavy (non-hydrogen) atoms. The Morgan fingerprint density at radius 1 is 0.550 bits per heavy atom. The number of benzene rings is 4. The van der Waals surface area contributed by atoms with Gasteiger partial charge in [-0.15, -0.1) is 0 Å². The van der Waals surface area contributed by atoms with Crippen LogP contribution in [0.1, 0.15) is 31.8 Å². The number of hydrogen-bond acceptors (Lipinski definition) is 6. The van der Waals surface area contributed by atoms with Gasteiger partial charge in [0.2, 0.25) is 0 Å². The van der Waals surface area contributed by atoms with Crippen LogP contribution in [0.5, 0.6) is 11.5 Å². The second-order valence-electron chi connectivity index (χ2n) is 9.62. The molecule has 206 valence electrons. The summed E-state index contributed by atoms with van der Waals surface area (Å²) in [4.78, 5) is 26.1. The Morgan fingerprint density at radius 3 is 1.27 bits per heavy atom. The lowest BCUT2D eigenvalue weighted by Gasteiger charge is -2.33. The molecule has 4 aromatic rings. The molecule has 4 aromatic carbocycles. The third-order valence-electron chi connectivity index (χ3n) is 6.62. The Labute approximate surface area is 232 Å². The molecule has 0 bridgehead atoms. The van der Waals surface area contributed by atoms with Crippen molar-refractivity contribution in [1.29, 1.82) is 0 Å². The number of aliphatic hydroxyl groups excluding tert-OH is 2. The molecular weight excluding hydrogens is 508 g/mol. The molecule has 0 radical (unpaired) electrons. The molecule has 0 aliphatic rings. The fourth-order valence-corrected chi connectivity index (χ4v) is 4.52. The minimum Gasteiger partial charge on any atom is -0.508 e. The lowest BCUT2D eigenvalue weighted by Crippen LogP contribution is -2.57. The minimum absolute atomic E-state index is 0.0783. The summed E-state index contributed by atoms with van der Waals surface area (Å²) >= 11 is 0. The topological polar surface area (TPSA) is 139 Å². The number of rotatable bonds is 11. The van der Waals surface area contributed by atoms with E-state index in [1.54, 1.807) is 0 Å². The molecule has 0 heterocycles. The SMILES string of the molecule is O=C(N[C@@H](Cc1ccccc1)[C@H](O)[C@@H](O)[C@H](Cc1ccccc1)NC(=O)c1cccc(O)c1)c1cccc(O)c1. The Hall–Kier alpha value is -4.66. The van der Waals surface area contributed by atoms with Crippen LogP contribution in [-0.4, -0.2) is 56.5 Å². The fraction of sp³-hybridized carbons (Fsp3) is 0.188. The highest BCUT2D eigenvalue weighted by molar-refractivity contribution is 5.95. The Balaban J connectivity index is 1.61. The molecule has 4 atom stereocenters. The number of hydrogen-bond donors (Lipinski definition) is 6. The van der Waals surface area contributed by atoms with Gasteiger partial charge in [0.1, 0.15) is 23.7 Å². The predicted molar refractivity (Wildman–Crippen MR) is 151 cm³/mol. The first-order valence-corrected chi connectivity index (χ1v) is 12.9. The smallest absolute Gasteiger partial charge is 0.251 e. The number of carbonyl (C=O) groups is 2. The third kappa shape index (κ3) is 7.69. The summed E-state index contributed by atoms with van der Waals surface area (Å²) in [6, 6.07) is 28.2. The van der Waals surface area contributed by atoms with Gasteiger partial charge in [-0.1, -0.05) is 72.8 Å². The lowest BCUT2D eigenvalue weighted by atomic mass is 9.90. The van der Waals surface area contributed by atoms with E-state index in [0.29, 0.717) is 0 Å². The van der Waals surface area contributed by atoms with Gasteiger partial charge in [0.15, 0.2) is 0 Å². The van der Waals surface area contributed by atoms with Crippen molar-refractivity contribution in [1.82, 2.24) is 10.6 Å². The van der Waals surface area contributed by atoms with E-state index in [9.17, 15) is 30.0 Å². The van der Waals surface area contributed by atoms with Crippen molar-refractivity contribution >= 4 is 11.8 Å². The maximum atomic E-state index is 13.1. The van der Waals surface area contributed by atoms with Gasteiger partial charge >= 0.3 is 0 Å². The first kappa shape index (κ1) is 28.4. The molecule has 6 N–H and O–H groups in total. The number of phenolic OH excluding ortho intramolecular Hbond substituents is 2. The standard InChI is InChI=1S/C32H32N2O6/c35-25-15-7-13-23(19-25)31(39)33-27(17-21-9-3-1-4-10-21)29(37)30(38)28(18-22-11-5-2-6-12-22)34-32(40)24-14-8-16-26(36)20-24/h1-16,19-20,27-30,35-38H,17-18H2,(H,33,39)(H,34,40)/t27-,28-,29-,30-/m0/s1. The Morgan fingerprint density at radius 2 is 0.925 bits per heavy atom. The van der Waals surface area contributed by atoms with Gasteiger partial charge in [-0.3, -0.25) is 9.59 Å². The van der Waals surface area contributed by atoms with E-state index >= 15 is 0 Å². The highest BCUT2D eigenvalue weighted by atomic mass is 16.3. The second-order valence-corrected chi connectivity index (χ2v) is 9.62. The molecule has 0 unspecified atom stereocenters. The van der Waals surface area contributed by atoms with Crippen molar-refractivity contribution in [2.24, 2.45) is 0 Å². The number of aliphatic hydroxyl groups is 2. The van der Waals surface area contributed by atoms with Gasteiger partial charge in [0, 0.05) is 11.1 Å². The van der Waals surface area contributed by atoms with Crippen LogP contribution in [0.25, 0.3) is 0 Å². The van der Waals surface area contributed by atoms with Crippen molar-refractivity contribution in [2.45, 2.75) is 37.1 Å². The summed E-state index contributed by atoms with van der Waals surface area (Å²) in [5, 5.41) is 48.1. The molecule has 0 aliphatic heterocycles. The molecular formula is C32H32N2O6. The van der Waals surface area contributed by atoms with E-state index < -0.39 is 36.1 Å². The molecule has 0 aliphatic carbocycles. The van der Waals surface area contributed by atoms with E-state index in [2.05, 4.69) is 10.6 Å². The maximum absolute atomic E-state index is 13.1. The van der Waals surface area contributed by atoms with Crippen molar-refractivity contribution in [3.05, 3.63) is 131 Å². The zero-order chi connectivity index (χ0) is 28.5. The van der Waals surface area contributed by atoms with Crippen molar-refractivity contribution < 1.29 is 30.0 Å². The number of amides is 2. The third-order valence-corrected chi connectivity index (χ3v) is 6.62. The molecule has 0 saturated carbocycles. The van der Waals surface area contributed by atoms with Gasteiger partial charge in [-0.05, 0) is 60.4 Å². The number of phenols is 2. The predicted octanol–water partition coefficient (Wildman–Crippen LogP) is 3.20. The first-order valence-electron chi connectivity index (χ1n) is 12.9. The summed E-state index contributed by atoms with van der Waals surface area (Å²) in [7, 11) is 0. The van der Waals surface area contributed by atoms with Crippen LogP contribution in [0.15, 0.2) is 109 Å². The van der Waals surface area contributed by atoms with Crippen LogP contribution >= 0.6 is 0 Å². The number of carbonyl (C=O) groups excluding carboxylic acids is 2. The van der Waals surface area contributed by atoms with E-state index in [-0.39, 0.29) is 35.5 Å². The van der Waals surface area contributed by atoms with Crippen LogP contribution in [0.2, 0.25) is 0 Å². The van der Waals surface area contributed by atoms with Crippen LogP contribution < -0.4 is 10.6 Å². The average molecular weight is 541 g/mol. The van der Waals surface area contributed by atoms with Crippen molar-refractivity contribution in [3.63, 3.8) is 0 Å². The van der Waals surface area contributed by atoms with Gasteiger partial charge < -0.3 is 31.1 Å². The zero-order valence-electron chi connectivity index (χ0n) is 21.7. The average Bonchev–Trinajstić information content (AvgIpc) is 2.96. The largest absolute Gasteiger partial charge is 0.508 e. The highest BCUT2D eigenvalue weighted by Gasteiger charge is 2.34. The van der Waals surface area contributed by atoms with Gasteiger partial charge in [-0.2, -0.15) is 0 Å². The molecule has 0 spiro atoms. The van der Waals surface area contributed by atoms with Crippen molar-refractivity contribution in [2.75, 3.05) is 0 Å². The Kier molecular flexibility index (Phi) is 9.51. The number of nitrogens with one attached hydrogen (secondary N) is 2. The van der Waals surface area contributed by atoms with E-state index in [1.807, 2.05) is 60.7 Å². The number of aromatic hydroxyl groups is 2. The van der Waals surface area contributed by atoms with E-state index in [4.69, 9.17) is 0 Å². The van der Waals surface area contributed by atoms with Crippen LogP contribution in [0, 0.1) is 0 Å². The maximum Gasteiger partial charge on any atom is 0.251 e. The molecule has 2 amide bonds.